The molecule has 0 aromatic carbocycles. The summed E-state index contributed by atoms with van der Waals surface area (Å²) < 4.78 is 1.13. The van der Waals surface area contributed by atoms with Gasteiger partial charge in [0.1, 0.15) is 24.5 Å². The van der Waals surface area contributed by atoms with Gasteiger partial charge >= 0.3 is 0 Å². The Kier molecular flexibility index (Phi) is 4.31. The number of aromatic nitrogens is 4. The number of aryl methyl sites for hydroxylation is 1. The van der Waals surface area contributed by atoms with Crippen LogP contribution in [0.3, 0.4) is 0 Å². The summed E-state index contributed by atoms with van der Waals surface area (Å²) in [6, 6.07) is 4.75. The Hall–Kier alpha value is -2.77. The normalized spacial score (nSPS) is 14.0. The molecule has 1 amide bonds. The van der Waals surface area contributed by atoms with E-state index in [1.807, 2.05) is 0 Å². The van der Waals surface area contributed by atoms with E-state index in [9.17, 15) is 9.59 Å². The van der Waals surface area contributed by atoms with E-state index in [0.717, 1.165) is 36.4 Å². The Bertz CT molecular complexity index is 767. The van der Waals surface area contributed by atoms with Gasteiger partial charge in [-0.1, -0.05) is 0 Å². The molecule has 0 spiro atoms. The average molecular weight is 314 g/mol. The molecule has 1 saturated heterocycles. The molecule has 0 atom stereocenters. The summed E-state index contributed by atoms with van der Waals surface area (Å²) in [4.78, 5) is 34.2. The molecular weight excluding hydrogens is 296 g/mol. The van der Waals surface area contributed by atoms with Crippen molar-refractivity contribution < 1.29 is 4.79 Å². The minimum Gasteiger partial charge on any atom is -0.356 e. The lowest BCUT2D eigenvalue weighted by Crippen LogP contribution is -2.29. The van der Waals surface area contributed by atoms with Gasteiger partial charge in [-0.05, 0) is 25.8 Å². The Morgan fingerprint density at radius 2 is 2.04 bits per heavy atom. The van der Waals surface area contributed by atoms with Crippen molar-refractivity contribution in [1.29, 1.82) is 0 Å². The van der Waals surface area contributed by atoms with Crippen molar-refractivity contribution in [3.8, 4) is 0 Å². The third-order valence-electron chi connectivity index (χ3n) is 3.64. The van der Waals surface area contributed by atoms with Gasteiger partial charge in [0.2, 0.25) is 5.91 Å². The summed E-state index contributed by atoms with van der Waals surface area (Å²) in [6.45, 7) is 3.55. The summed E-state index contributed by atoms with van der Waals surface area (Å²) in [6.07, 6.45) is 3.72. The first kappa shape index (κ1) is 15.1. The van der Waals surface area contributed by atoms with Gasteiger partial charge in [0.15, 0.2) is 0 Å². The molecule has 3 rings (SSSR count). The van der Waals surface area contributed by atoms with Gasteiger partial charge < -0.3 is 10.2 Å². The summed E-state index contributed by atoms with van der Waals surface area (Å²) in [5.41, 5.74) is 0.363. The first-order valence-electron chi connectivity index (χ1n) is 7.53. The lowest BCUT2D eigenvalue weighted by molar-refractivity contribution is -0.117. The van der Waals surface area contributed by atoms with Gasteiger partial charge in [-0.15, -0.1) is 0 Å². The highest BCUT2D eigenvalue weighted by molar-refractivity contribution is 5.89. The van der Waals surface area contributed by atoms with Crippen LogP contribution in [0.25, 0.3) is 0 Å². The molecule has 0 radical (unpaired) electrons. The van der Waals surface area contributed by atoms with Crippen molar-refractivity contribution in [3.63, 3.8) is 0 Å². The van der Waals surface area contributed by atoms with Crippen molar-refractivity contribution in [3.05, 3.63) is 40.6 Å². The second kappa shape index (κ2) is 6.55. The van der Waals surface area contributed by atoms with Crippen LogP contribution in [-0.2, 0) is 11.3 Å². The van der Waals surface area contributed by atoms with E-state index in [1.54, 1.807) is 19.1 Å². The second-order valence-electron chi connectivity index (χ2n) is 5.47. The molecule has 8 heteroatoms. The minimum absolute atomic E-state index is 0.149. The van der Waals surface area contributed by atoms with Crippen LogP contribution in [0.4, 0.5) is 11.6 Å². The predicted molar refractivity (Wildman–Crippen MR) is 85.3 cm³/mol. The van der Waals surface area contributed by atoms with Crippen LogP contribution in [0.5, 0.6) is 0 Å². The monoisotopic (exact) mass is 314 g/mol. The fourth-order valence-electron chi connectivity index (χ4n) is 2.52. The van der Waals surface area contributed by atoms with Crippen LogP contribution < -0.4 is 15.8 Å². The number of nitrogens with zero attached hydrogens (tertiary/aromatic N) is 5. The predicted octanol–water partition coefficient (Wildman–Crippen LogP) is 0.581. The largest absolute Gasteiger partial charge is 0.356 e. The first-order chi connectivity index (χ1) is 11.1. The quantitative estimate of drug-likeness (QED) is 0.887. The highest BCUT2D eigenvalue weighted by atomic mass is 16.2. The van der Waals surface area contributed by atoms with Gasteiger partial charge in [-0.2, -0.15) is 5.10 Å². The Labute approximate surface area is 133 Å². The molecule has 2 aromatic heterocycles. The molecule has 23 heavy (non-hydrogen) atoms. The van der Waals surface area contributed by atoms with E-state index in [1.165, 1.54) is 12.4 Å². The molecule has 0 aliphatic carbocycles. The van der Waals surface area contributed by atoms with E-state index >= 15 is 0 Å². The summed E-state index contributed by atoms with van der Waals surface area (Å²) in [5, 5.41) is 6.72. The van der Waals surface area contributed by atoms with Gasteiger partial charge in [0, 0.05) is 25.2 Å². The van der Waals surface area contributed by atoms with Crippen LogP contribution in [0, 0.1) is 6.92 Å². The van der Waals surface area contributed by atoms with E-state index in [-0.39, 0.29) is 18.0 Å². The van der Waals surface area contributed by atoms with Gasteiger partial charge in [0.05, 0.1) is 5.69 Å². The molecule has 1 aliphatic rings. The maximum Gasteiger partial charge on any atom is 0.267 e. The summed E-state index contributed by atoms with van der Waals surface area (Å²) >= 11 is 0. The van der Waals surface area contributed by atoms with E-state index in [0.29, 0.717) is 11.5 Å². The zero-order valence-corrected chi connectivity index (χ0v) is 12.9. The number of nitrogens with one attached hydrogen (secondary N) is 1. The molecular formula is C15H18N6O2. The molecule has 120 valence electrons. The first-order valence-corrected chi connectivity index (χ1v) is 7.53. The lowest BCUT2D eigenvalue weighted by atomic mass is 10.4. The van der Waals surface area contributed by atoms with Crippen molar-refractivity contribution in [2.45, 2.75) is 26.3 Å². The van der Waals surface area contributed by atoms with E-state index in [4.69, 9.17) is 0 Å². The highest BCUT2D eigenvalue weighted by Gasteiger charge is 2.15. The van der Waals surface area contributed by atoms with E-state index < -0.39 is 0 Å². The van der Waals surface area contributed by atoms with Crippen LogP contribution in [0.15, 0.2) is 29.3 Å². The molecule has 8 nitrogen and oxygen atoms in total. The number of carbonyl (C=O) groups excluding carboxylic acids is 1. The summed E-state index contributed by atoms with van der Waals surface area (Å²) in [5.74, 6) is 0.877. The molecule has 0 saturated carbocycles. The molecule has 0 bridgehead atoms. The van der Waals surface area contributed by atoms with Gasteiger partial charge in [-0.3, -0.25) is 9.59 Å². The number of hydrogen-bond donors (Lipinski definition) is 1. The number of rotatable bonds is 4. The molecule has 2 aromatic rings. The molecule has 0 unspecified atom stereocenters. The lowest BCUT2D eigenvalue weighted by Gasteiger charge is -2.16. The number of anilines is 2. The number of hydrogen-bond acceptors (Lipinski definition) is 6. The average Bonchev–Trinajstić information content (AvgIpc) is 3.05. The molecule has 3 heterocycles. The van der Waals surface area contributed by atoms with Crippen molar-refractivity contribution in [2.75, 3.05) is 23.3 Å². The van der Waals surface area contributed by atoms with Crippen LogP contribution >= 0.6 is 0 Å². The molecule has 1 N–H and O–H groups in total. The van der Waals surface area contributed by atoms with Crippen LogP contribution in [0.2, 0.25) is 0 Å². The smallest absolute Gasteiger partial charge is 0.267 e. The Morgan fingerprint density at radius 1 is 1.26 bits per heavy atom. The third-order valence-corrected chi connectivity index (χ3v) is 3.64. The second-order valence-corrected chi connectivity index (χ2v) is 5.47. The topological polar surface area (TPSA) is 93.0 Å². The maximum absolute atomic E-state index is 12.1. The fraction of sp³-hybridized carbons (Fsp3) is 0.400. The van der Waals surface area contributed by atoms with Gasteiger partial charge in [-0.25, -0.2) is 14.6 Å². The Morgan fingerprint density at radius 3 is 2.83 bits per heavy atom. The molecule has 1 aliphatic heterocycles. The summed E-state index contributed by atoms with van der Waals surface area (Å²) in [7, 11) is 0. The van der Waals surface area contributed by atoms with Crippen LogP contribution in [-0.4, -0.2) is 38.7 Å². The standard InChI is InChI=1S/C15H18N6O2/c1-11-4-5-15(23)21(19-11)9-14(22)18-12-8-13(17-10-16-12)20-6-2-3-7-20/h4-5,8,10H,2-3,6-7,9H2,1H3,(H,16,17,18,22). The van der Waals surface area contributed by atoms with Crippen molar-refractivity contribution >= 4 is 17.5 Å². The van der Waals surface area contributed by atoms with Crippen molar-refractivity contribution in [1.82, 2.24) is 19.7 Å². The van der Waals surface area contributed by atoms with Crippen molar-refractivity contribution in [2.24, 2.45) is 0 Å². The maximum atomic E-state index is 12.1. The number of amides is 1. The zero-order chi connectivity index (χ0) is 16.2. The molecule has 1 fully saturated rings. The van der Waals surface area contributed by atoms with Crippen LogP contribution in [0.1, 0.15) is 18.5 Å². The van der Waals surface area contributed by atoms with E-state index in [2.05, 4.69) is 25.3 Å². The van der Waals surface area contributed by atoms with Gasteiger partial charge in [0.25, 0.3) is 5.56 Å². The third kappa shape index (κ3) is 3.71. The number of carbonyl (C=O) groups is 1. The highest BCUT2D eigenvalue weighted by Crippen LogP contribution is 2.19. The fourth-order valence-corrected chi connectivity index (χ4v) is 2.52. The minimum atomic E-state index is -0.351. The SMILES string of the molecule is Cc1ccc(=O)n(CC(=O)Nc2cc(N3CCCC3)ncn2)n1. The Balaban J connectivity index is 1.69. The zero-order valence-electron chi connectivity index (χ0n) is 12.9.